The highest BCUT2D eigenvalue weighted by molar-refractivity contribution is 8.07. The van der Waals surface area contributed by atoms with Crippen molar-refractivity contribution in [2.24, 2.45) is 4.76 Å². The monoisotopic (exact) mass is 260 g/mol. The van der Waals surface area contributed by atoms with Gasteiger partial charge in [0.15, 0.2) is 0 Å². The molecule has 0 aromatic carbocycles. The van der Waals surface area contributed by atoms with Gasteiger partial charge in [0.1, 0.15) is 0 Å². The van der Waals surface area contributed by atoms with Crippen LogP contribution in [0.4, 0.5) is 0 Å². The molecule has 0 atom stereocenters. The van der Waals surface area contributed by atoms with Crippen molar-refractivity contribution in [2.75, 3.05) is 19.7 Å². The van der Waals surface area contributed by atoms with E-state index >= 15 is 0 Å². The third kappa shape index (κ3) is 5.74. The van der Waals surface area contributed by atoms with Crippen molar-refractivity contribution in [1.82, 2.24) is 4.90 Å². The second kappa shape index (κ2) is 6.54. The maximum absolute atomic E-state index is 11.1. The fourth-order valence-electron chi connectivity index (χ4n) is 0.906. The summed E-state index contributed by atoms with van der Waals surface area (Å²) >= 11 is 10.7. The first-order chi connectivity index (χ1) is 6.44. The summed E-state index contributed by atoms with van der Waals surface area (Å²) in [5.74, 6) is -3.47. The molecule has 0 spiro atoms. The minimum atomic E-state index is -3.47. The molecule has 0 aliphatic carbocycles. The number of nitrogens with zero attached hydrogens (tertiary/aromatic N) is 2. The number of hydrogen-bond donors (Lipinski definition) is 0. The number of rotatable bonds is 4. The zero-order valence-electron chi connectivity index (χ0n) is 8.54. The van der Waals surface area contributed by atoms with Crippen LogP contribution in [0.1, 0.15) is 20.8 Å². The summed E-state index contributed by atoms with van der Waals surface area (Å²) in [5.41, 5.74) is 0. The highest BCUT2D eigenvalue weighted by atomic mass is 35.9. The van der Waals surface area contributed by atoms with Crippen molar-refractivity contribution in [1.29, 1.82) is 0 Å². The zero-order chi connectivity index (χ0) is 11.2. The molecule has 0 rings (SSSR count). The molecule has 0 fully saturated rings. The molecule has 0 unspecified atom stereocenters. The number of hydrogen-bond acceptors (Lipinski definition) is 2. The molecule has 7 heteroatoms. The molecule has 0 heterocycles. The van der Waals surface area contributed by atoms with E-state index in [0.29, 0.717) is 19.7 Å². The molecule has 0 saturated heterocycles. The van der Waals surface area contributed by atoms with Gasteiger partial charge in [-0.2, -0.15) is 0 Å². The summed E-state index contributed by atoms with van der Waals surface area (Å²) in [4.78, 5) is 1.79. The first-order valence-electron chi connectivity index (χ1n) is 4.41. The van der Waals surface area contributed by atoms with E-state index in [-0.39, 0.29) is 6.02 Å². The lowest BCUT2D eigenvalue weighted by atomic mass is 10.5. The van der Waals surface area contributed by atoms with Crippen LogP contribution in [0.2, 0.25) is 0 Å². The molecule has 0 radical (unpaired) electrons. The van der Waals surface area contributed by atoms with Gasteiger partial charge in [-0.25, -0.2) is 0 Å². The maximum atomic E-state index is 11.1. The van der Waals surface area contributed by atoms with E-state index in [0.717, 1.165) is 0 Å². The predicted molar refractivity (Wildman–Crippen MR) is 61.3 cm³/mol. The Morgan fingerprint density at radius 2 is 1.86 bits per heavy atom. The second-order valence-corrected chi connectivity index (χ2v) is 6.76. The van der Waals surface area contributed by atoms with Crippen LogP contribution in [0.3, 0.4) is 0 Å². The molecule has 84 valence electrons. The van der Waals surface area contributed by atoms with Gasteiger partial charge in [-0.3, -0.25) is 4.57 Å². The smallest absolute Gasteiger partial charge is 0.368 e. The van der Waals surface area contributed by atoms with Crippen LogP contribution in [-0.4, -0.2) is 30.6 Å². The molecular weight excluding hydrogens is 246 g/mol. The number of ether oxygens (including phenoxy) is 1. The normalized spacial score (nSPS) is 12.8. The number of halogens is 2. The largest absolute Gasteiger partial charge is 0.465 e. The quantitative estimate of drug-likeness (QED) is 0.443. The van der Waals surface area contributed by atoms with Gasteiger partial charge in [-0.15, -0.1) is 4.76 Å². The van der Waals surface area contributed by atoms with Crippen LogP contribution in [0.15, 0.2) is 4.76 Å². The Labute approximate surface area is 94.2 Å². The Kier molecular flexibility index (Phi) is 6.58. The molecular formula is C7H15Cl2N2O2P. The zero-order valence-corrected chi connectivity index (χ0v) is 10.9. The van der Waals surface area contributed by atoms with Gasteiger partial charge < -0.3 is 9.64 Å². The minimum Gasteiger partial charge on any atom is -0.465 e. The second-order valence-electron chi connectivity index (χ2n) is 2.42. The minimum absolute atomic E-state index is 0.242. The maximum Gasteiger partial charge on any atom is 0.368 e. The fraction of sp³-hybridized carbons (Fsp3) is 0.857. The van der Waals surface area contributed by atoms with Gasteiger partial charge >= 0.3 is 6.00 Å². The molecule has 0 N–H and O–H groups in total. The molecule has 0 bridgehead atoms. The Balaban J connectivity index is 4.73. The van der Waals surface area contributed by atoms with Gasteiger partial charge in [0.05, 0.1) is 6.61 Å². The Hall–Kier alpha value is 0.0800. The first kappa shape index (κ1) is 14.1. The molecule has 0 aromatic heterocycles. The summed E-state index contributed by atoms with van der Waals surface area (Å²) in [6.45, 7) is 7.51. The van der Waals surface area contributed by atoms with Crippen molar-refractivity contribution in [3.05, 3.63) is 0 Å². The number of amidine groups is 1. The molecule has 0 saturated carbocycles. The lowest BCUT2D eigenvalue weighted by Gasteiger charge is -2.21. The van der Waals surface area contributed by atoms with Gasteiger partial charge in [0.2, 0.25) is 0 Å². The van der Waals surface area contributed by atoms with Crippen LogP contribution in [-0.2, 0) is 9.30 Å². The SMILES string of the molecule is CCO/C(=N\P(=O)(Cl)Cl)N(CC)CC. The van der Waals surface area contributed by atoms with Gasteiger partial charge in [-0.05, 0) is 43.3 Å². The third-order valence-electron chi connectivity index (χ3n) is 1.51. The molecule has 0 aliphatic heterocycles. The summed E-state index contributed by atoms with van der Waals surface area (Å²) in [6, 6.07) is 0.242. The van der Waals surface area contributed by atoms with Crippen molar-refractivity contribution in [2.45, 2.75) is 20.8 Å². The van der Waals surface area contributed by atoms with E-state index in [4.69, 9.17) is 27.2 Å². The molecule has 0 aliphatic rings. The van der Waals surface area contributed by atoms with Crippen molar-refractivity contribution >= 4 is 34.5 Å². The third-order valence-corrected chi connectivity index (χ3v) is 2.37. The Morgan fingerprint density at radius 3 is 2.14 bits per heavy atom. The van der Waals surface area contributed by atoms with Gasteiger partial charge in [-0.1, -0.05) is 0 Å². The van der Waals surface area contributed by atoms with Crippen LogP contribution < -0.4 is 0 Å². The molecule has 4 nitrogen and oxygen atoms in total. The van der Waals surface area contributed by atoms with E-state index < -0.39 is 6.00 Å². The topological polar surface area (TPSA) is 41.9 Å². The summed E-state index contributed by atoms with van der Waals surface area (Å²) in [5, 5.41) is 0. The van der Waals surface area contributed by atoms with E-state index in [1.165, 1.54) is 0 Å². The molecule has 14 heavy (non-hydrogen) atoms. The van der Waals surface area contributed by atoms with Crippen LogP contribution in [0.5, 0.6) is 0 Å². The molecule has 0 aromatic rings. The van der Waals surface area contributed by atoms with Crippen molar-refractivity contribution in [3.8, 4) is 0 Å². The van der Waals surface area contributed by atoms with Gasteiger partial charge in [0.25, 0.3) is 6.02 Å². The van der Waals surface area contributed by atoms with E-state index in [1.807, 2.05) is 20.8 Å². The highest BCUT2D eigenvalue weighted by Crippen LogP contribution is 2.58. The van der Waals surface area contributed by atoms with Crippen molar-refractivity contribution < 1.29 is 9.30 Å². The predicted octanol–water partition coefficient (Wildman–Crippen LogP) is 3.31. The molecule has 0 amide bonds. The Morgan fingerprint density at radius 1 is 1.36 bits per heavy atom. The average molecular weight is 261 g/mol. The lowest BCUT2D eigenvalue weighted by Crippen LogP contribution is -2.32. The van der Waals surface area contributed by atoms with Crippen LogP contribution >= 0.6 is 28.5 Å². The Bertz CT molecular complexity index is 238. The summed E-state index contributed by atoms with van der Waals surface area (Å²) in [6.07, 6.45) is 0. The lowest BCUT2D eigenvalue weighted by molar-refractivity contribution is 0.252. The van der Waals surface area contributed by atoms with Gasteiger partial charge in [0, 0.05) is 13.1 Å². The fourth-order valence-corrected chi connectivity index (χ4v) is 1.68. The van der Waals surface area contributed by atoms with Crippen LogP contribution in [0.25, 0.3) is 0 Å². The average Bonchev–Trinajstić information content (AvgIpc) is 2.04. The summed E-state index contributed by atoms with van der Waals surface area (Å²) in [7, 11) is 0. The summed E-state index contributed by atoms with van der Waals surface area (Å²) < 4.78 is 19.9. The standard InChI is InChI=1S/C7H15Cl2N2O2P/c1-4-11(5-2)7(13-6-3)10-14(8,9)12/h4-6H2,1-3H3/b10-7-. The van der Waals surface area contributed by atoms with E-state index in [9.17, 15) is 4.57 Å². The van der Waals surface area contributed by atoms with Crippen molar-refractivity contribution in [3.63, 3.8) is 0 Å². The van der Waals surface area contributed by atoms with E-state index in [2.05, 4.69) is 4.76 Å². The van der Waals surface area contributed by atoms with Crippen LogP contribution in [0, 0.1) is 0 Å². The van der Waals surface area contributed by atoms with E-state index in [1.54, 1.807) is 4.90 Å². The highest BCUT2D eigenvalue weighted by Gasteiger charge is 2.17. The first-order valence-corrected chi connectivity index (χ1v) is 7.88.